The number of benzene rings is 5. The Balaban J connectivity index is 1.42. The van der Waals surface area contributed by atoms with Gasteiger partial charge < -0.3 is 8.83 Å². The van der Waals surface area contributed by atoms with Crippen LogP contribution in [0.4, 0.5) is 0 Å². The largest absolute Gasteiger partial charge is 0.464 e. The zero-order valence-electron chi connectivity index (χ0n) is 23.6. The summed E-state index contributed by atoms with van der Waals surface area (Å²) in [7, 11) is -1.43. The Hall–Kier alpha value is -5.37. The number of rotatable bonds is 4. The third-order valence-electron chi connectivity index (χ3n) is 8.77. The summed E-state index contributed by atoms with van der Waals surface area (Å²) < 4.78 is 32.2. The van der Waals surface area contributed by atoms with Crippen molar-refractivity contribution in [3.8, 4) is 11.4 Å². The van der Waals surface area contributed by atoms with Crippen molar-refractivity contribution < 1.29 is 13.0 Å². The SMILES string of the molecule is O=S(c1ccccc1)c1cccc2c3c4ccccc4n(-c4ccc5sccc5c4)c3n(-c3coc4cc5occc5cc34)c12. The number of thiophene rings is 1. The second-order valence-corrected chi connectivity index (χ2v) is 13.6. The first-order chi connectivity index (χ1) is 22.2. The minimum Gasteiger partial charge on any atom is -0.464 e. The summed E-state index contributed by atoms with van der Waals surface area (Å²) in [6, 6.07) is 39.2. The average Bonchev–Trinajstić information content (AvgIpc) is 3.91. The molecule has 10 rings (SSSR count). The average molecular weight is 619 g/mol. The molecule has 5 aromatic heterocycles. The number of aromatic nitrogens is 2. The van der Waals surface area contributed by atoms with Gasteiger partial charge in [-0.25, -0.2) is 4.21 Å². The van der Waals surface area contributed by atoms with E-state index in [2.05, 4.69) is 75.2 Å². The van der Waals surface area contributed by atoms with Gasteiger partial charge in [0.1, 0.15) is 23.1 Å². The lowest BCUT2D eigenvalue weighted by molar-refractivity contribution is 0.603. The van der Waals surface area contributed by atoms with Crippen LogP contribution in [0.15, 0.2) is 152 Å². The monoisotopic (exact) mass is 618 g/mol. The summed E-state index contributed by atoms with van der Waals surface area (Å²) in [6.45, 7) is 0. The summed E-state index contributed by atoms with van der Waals surface area (Å²) >= 11 is 1.74. The normalized spacial score (nSPS) is 12.9. The molecule has 5 nitrogen and oxygen atoms in total. The van der Waals surface area contributed by atoms with Crippen molar-refractivity contribution in [3.63, 3.8) is 0 Å². The van der Waals surface area contributed by atoms with E-state index in [1.54, 1.807) is 17.6 Å². The third kappa shape index (κ3) is 3.50. The molecule has 7 heteroatoms. The predicted octanol–water partition coefficient (Wildman–Crippen LogP) is 10.6. The van der Waals surface area contributed by atoms with E-state index in [0.717, 1.165) is 75.9 Å². The van der Waals surface area contributed by atoms with Crippen LogP contribution in [0.25, 0.3) is 76.2 Å². The van der Waals surface area contributed by atoms with E-state index in [0.29, 0.717) is 0 Å². The van der Waals surface area contributed by atoms with Crippen molar-refractivity contribution >= 4 is 87.0 Å². The van der Waals surface area contributed by atoms with Crippen LogP contribution in [-0.4, -0.2) is 13.3 Å². The molecule has 0 fully saturated rings. The molecule has 0 radical (unpaired) electrons. The topological polar surface area (TPSA) is 53.2 Å². The molecular formula is C38H22N2O3S2. The standard InChI is InChI=1S/C38H22N2O3S2/c41-45(26-7-2-1-3-8-26)35-12-6-10-28-36-27-9-4-5-11-30(27)39(25-13-14-34-24(19-25)16-18-44-34)38(36)40(37(28)35)31-22-43-33-21-32-23(15-17-42-32)20-29(31)33/h1-22H. The van der Waals surface area contributed by atoms with E-state index >= 15 is 0 Å². The van der Waals surface area contributed by atoms with Crippen LogP contribution in [0.5, 0.6) is 0 Å². The van der Waals surface area contributed by atoms with Crippen molar-refractivity contribution in [1.29, 1.82) is 0 Å². The quantitative estimate of drug-likeness (QED) is 0.197. The van der Waals surface area contributed by atoms with E-state index in [1.165, 1.54) is 10.1 Å². The molecule has 0 aliphatic rings. The Labute approximate surface area is 262 Å². The molecule has 0 aliphatic heterocycles. The Kier molecular flexibility index (Phi) is 5.18. The third-order valence-corrected chi connectivity index (χ3v) is 11.1. The Morgan fingerprint density at radius 2 is 1.53 bits per heavy atom. The summed E-state index contributed by atoms with van der Waals surface area (Å²) in [5, 5.41) is 8.56. The molecule has 0 bridgehead atoms. The first-order valence-corrected chi connectivity index (χ1v) is 16.7. The lowest BCUT2D eigenvalue weighted by Gasteiger charge is -2.14. The van der Waals surface area contributed by atoms with Gasteiger partial charge in [0.25, 0.3) is 0 Å². The van der Waals surface area contributed by atoms with Gasteiger partial charge in [0.2, 0.25) is 0 Å². The van der Waals surface area contributed by atoms with E-state index in [1.807, 2.05) is 60.9 Å². The zero-order chi connectivity index (χ0) is 29.6. The number of para-hydroxylation sites is 2. The number of hydrogen-bond donors (Lipinski definition) is 0. The fourth-order valence-electron chi connectivity index (χ4n) is 6.82. The van der Waals surface area contributed by atoms with Crippen LogP contribution < -0.4 is 0 Å². The molecule has 0 aliphatic carbocycles. The fraction of sp³-hybridized carbons (Fsp3) is 0. The molecule has 1 unspecified atom stereocenters. The van der Waals surface area contributed by atoms with Crippen LogP contribution in [0.1, 0.15) is 0 Å². The summed E-state index contributed by atoms with van der Waals surface area (Å²) in [5.74, 6) is 0. The minimum absolute atomic E-state index is 0.728. The zero-order valence-corrected chi connectivity index (χ0v) is 25.3. The van der Waals surface area contributed by atoms with Crippen molar-refractivity contribution in [3.05, 3.63) is 133 Å². The Morgan fingerprint density at radius 1 is 0.667 bits per heavy atom. The van der Waals surface area contributed by atoms with Crippen LogP contribution in [0, 0.1) is 0 Å². The van der Waals surface area contributed by atoms with Crippen molar-refractivity contribution in [2.75, 3.05) is 0 Å². The maximum atomic E-state index is 14.4. The van der Waals surface area contributed by atoms with E-state index in [4.69, 9.17) is 8.83 Å². The smallest absolute Gasteiger partial charge is 0.139 e. The maximum absolute atomic E-state index is 14.4. The number of fused-ring (bicyclic) bond motifs is 8. The number of nitrogens with zero attached hydrogens (tertiary/aromatic N) is 2. The van der Waals surface area contributed by atoms with Crippen LogP contribution >= 0.6 is 11.3 Å². The Morgan fingerprint density at radius 3 is 2.47 bits per heavy atom. The van der Waals surface area contributed by atoms with E-state index in [-0.39, 0.29) is 0 Å². The second kappa shape index (κ2) is 9.32. The highest BCUT2D eigenvalue weighted by atomic mass is 32.2. The highest BCUT2D eigenvalue weighted by Crippen LogP contribution is 2.45. The molecule has 0 amide bonds. The molecule has 0 N–H and O–H groups in total. The lowest BCUT2D eigenvalue weighted by atomic mass is 10.1. The highest BCUT2D eigenvalue weighted by molar-refractivity contribution is 7.85. The van der Waals surface area contributed by atoms with Crippen LogP contribution in [0.3, 0.4) is 0 Å². The van der Waals surface area contributed by atoms with Gasteiger partial charge in [0.05, 0.1) is 38.7 Å². The maximum Gasteiger partial charge on any atom is 0.139 e. The van der Waals surface area contributed by atoms with Gasteiger partial charge in [-0.1, -0.05) is 48.5 Å². The molecule has 1 atom stereocenters. The van der Waals surface area contributed by atoms with Gasteiger partial charge in [0, 0.05) is 48.3 Å². The molecule has 0 saturated heterocycles. The van der Waals surface area contributed by atoms with Gasteiger partial charge in [-0.15, -0.1) is 11.3 Å². The van der Waals surface area contributed by atoms with Crippen molar-refractivity contribution in [2.45, 2.75) is 9.79 Å². The molecule has 0 spiro atoms. The lowest BCUT2D eigenvalue weighted by Crippen LogP contribution is -2.03. The van der Waals surface area contributed by atoms with Crippen LogP contribution in [0.2, 0.25) is 0 Å². The van der Waals surface area contributed by atoms with E-state index in [9.17, 15) is 4.21 Å². The molecule has 5 aromatic carbocycles. The minimum atomic E-state index is -1.43. The van der Waals surface area contributed by atoms with E-state index < -0.39 is 10.8 Å². The summed E-state index contributed by atoms with van der Waals surface area (Å²) in [5.41, 5.74) is 6.44. The number of furan rings is 2. The first-order valence-electron chi connectivity index (χ1n) is 14.6. The second-order valence-electron chi connectivity index (χ2n) is 11.2. The molecule has 0 saturated carbocycles. The molecule has 214 valence electrons. The van der Waals surface area contributed by atoms with Gasteiger partial charge in [-0.3, -0.25) is 9.13 Å². The van der Waals surface area contributed by atoms with Gasteiger partial charge in [0.15, 0.2) is 0 Å². The number of hydrogen-bond acceptors (Lipinski definition) is 4. The predicted molar refractivity (Wildman–Crippen MR) is 184 cm³/mol. The molecule has 10 aromatic rings. The van der Waals surface area contributed by atoms with Crippen LogP contribution in [-0.2, 0) is 10.8 Å². The van der Waals surface area contributed by atoms with Crippen molar-refractivity contribution in [1.82, 2.24) is 9.13 Å². The van der Waals surface area contributed by atoms with Gasteiger partial charge >= 0.3 is 0 Å². The first kappa shape index (κ1) is 25.0. The molecule has 45 heavy (non-hydrogen) atoms. The summed E-state index contributed by atoms with van der Waals surface area (Å²) in [4.78, 5) is 1.51. The summed E-state index contributed by atoms with van der Waals surface area (Å²) in [6.07, 6.45) is 3.51. The van der Waals surface area contributed by atoms with Crippen molar-refractivity contribution in [2.24, 2.45) is 0 Å². The highest BCUT2D eigenvalue weighted by Gasteiger charge is 2.27. The fourth-order valence-corrected chi connectivity index (χ4v) is 8.83. The van der Waals surface area contributed by atoms with Gasteiger partial charge in [-0.2, -0.15) is 0 Å². The molecular weight excluding hydrogens is 597 g/mol. The van der Waals surface area contributed by atoms with Gasteiger partial charge in [-0.05, 0) is 71.4 Å². The Bertz CT molecular complexity index is 2790. The molecule has 5 heterocycles.